The third-order valence-corrected chi connectivity index (χ3v) is 5.55. The van der Waals surface area contributed by atoms with Gasteiger partial charge in [0.1, 0.15) is 5.75 Å². The van der Waals surface area contributed by atoms with Gasteiger partial charge in [-0.2, -0.15) is 0 Å². The number of ether oxygens (including phenoxy) is 2. The van der Waals surface area contributed by atoms with Crippen LogP contribution in [0.4, 0.5) is 0 Å². The smallest absolute Gasteiger partial charge is 0.263 e. The van der Waals surface area contributed by atoms with Gasteiger partial charge in [-0.3, -0.25) is 19.0 Å². The number of hydrogen-bond donors (Lipinski definition) is 1. The molecule has 0 aliphatic carbocycles. The van der Waals surface area contributed by atoms with Crippen LogP contribution in [0.3, 0.4) is 0 Å². The molecule has 0 saturated heterocycles. The SMILES string of the molecule is COCCNC(=O)[C@H](C)Oc1ccc2c(c1)c1ccnc3c4ccccc4c(=O)n2c13. The molecule has 5 rings (SSSR count). The molecule has 2 aromatic carbocycles. The normalized spacial score (nSPS) is 12.7. The standard InChI is InChI=1S/C24H21N3O4/c1-14(23(28)26-11-12-30-2)31-15-7-8-20-19(13-15)17-9-10-25-21-16-5-3-4-6-18(16)24(29)27(20)22(17)21/h3-10,13-14H,11-12H2,1-2H3,(H,26,28)/t14-/m0/s1. The van der Waals surface area contributed by atoms with E-state index in [9.17, 15) is 9.59 Å². The Hall–Kier alpha value is -3.71. The molecule has 7 heteroatoms. The predicted molar refractivity (Wildman–Crippen MR) is 120 cm³/mol. The second-order valence-corrected chi connectivity index (χ2v) is 7.46. The molecule has 0 bridgehead atoms. The van der Waals surface area contributed by atoms with Crippen molar-refractivity contribution >= 4 is 44.0 Å². The van der Waals surface area contributed by atoms with E-state index in [1.54, 1.807) is 30.7 Å². The maximum Gasteiger partial charge on any atom is 0.263 e. The summed E-state index contributed by atoms with van der Waals surface area (Å²) < 4.78 is 12.5. The monoisotopic (exact) mass is 415 g/mol. The fraction of sp³-hybridized carbons (Fsp3) is 0.208. The first-order valence-corrected chi connectivity index (χ1v) is 10.1. The van der Waals surface area contributed by atoms with Gasteiger partial charge in [0.05, 0.1) is 23.2 Å². The Kier molecular flexibility index (Phi) is 4.67. The van der Waals surface area contributed by atoms with Crippen LogP contribution in [0, 0.1) is 0 Å². The summed E-state index contributed by atoms with van der Waals surface area (Å²) in [6.45, 7) is 2.57. The topological polar surface area (TPSA) is 81.9 Å². The number of amides is 1. The minimum absolute atomic E-state index is 0.0735. The average molecular weight is 415 g/mol. The van der Waals surface area contributed by atoms with Crippen LogP contribution in [0.15, 0.2) is 59.5 Å². The largest absolute Gasteiger partial charge is 0.481 e. The Morgan fingerprint density at radius 2 is 1.90 bits per heavy atom. The highest BCUT2D eigenvalue weighted by Gasteiger charge is 2.19. The number of methoxy groups -OCH3 is 1. The lowest BCUT2D eigenvalue weighted by Gasteiger charge is -2.14. The van der Waals surface area contributed by atoms with E-state index < -0.39 is 6.10 Å². The highest BCUT2D eigenvalue weighted by Crippen LogP contribution is 2.34. The van der Waals surface area contributed by atoms with Crippen LogP contribution in [0.5, 0.6) is 5.75 Å². The number of carbonyl (C=O) groups is 1. The molecule has 1 N–H and O–H groups in total. The Morgan fingerprint density at radius 3 is 2.71 bits per heavy atom. The van der Waals surface area contributed by atoms with Crippen molar-refractivity contribution in [2.75, 3.05) is 20.3 Å². The minimum atomic E-state index is -0.665. The third kappa shape index (κ3) is 3.05. The lowest BCUT2D eigenvalue weighted by atomic mass is 10.1. The maximum atomic E-state index is 13.3. The zero-order valence-electron chi connectivity index (χ0n) is 17.2. The van der Waals surface area contributed by atoms with E-state index in [0.29, 0.717) is 24.3 Å². The maximum absolute atomic E-state index is 13.3. The first-order chi connectivity index (χ1) is 15.1. The molecule has 0 unspecified atom stereocenters. The van der Waals surface area contributed by atoms with Crippen molar-refractivity contribution in [1.82, 2.24) is 14.7 Å². The number of pyridine rings is 2. The summed E-state index contributed by atoms with van der Waals surface area (Å²) in [5.41, 5.74) is 2.30. The van der Waals surface area contributed by atoms with E-state index in [2.05, 4.69) is 10.3 Å². The quantitative estimate of drug-likeness (QED) is 0.340. The number of hydrogen-bond acceptors (Lipinski definition) is 5. The summed E-state index contributed by atoms with van der Waals surface area (Å²) in [5.74, 6) is 0.345. The van der Waals surface area contributed by atoms with Crippen molar-refractivity contribution in [2.45, 2.75) is 13.0 Å². The van der Waals surface area contributed by atoms with Crippen LogP contribution in [0.25, 0.3) is 38.1 Å². The molecule has 0 radical (unpaired) electrons. The van der Waals surface area contributed by atoms with Gasteiger partial charge in [-0.05, 0) is 37.3 Å². The summed E-state index contributed by atoms with van der Waals surface area (Å²) in [6.07, 6.45) is 1.09. The molecule has 0 aliphatic heterocycles. The van der Waals surface area contributed by atoms with Crippen molar-refractivity contribution in [3.8, 4) is 5.75 Å². The van der Waals surface area contributed by atoms with Crippen LogP contribution >= 0.6 is 0 Å². The van der Waals surface area contributed by atoms with Gasteiger partial charge in [-0.1, -0.05) is 18.2 Å². The average Bonchev–Trinajstić information content (AvgIpc) is 3.12. The van der Waals surface area contributed by atoms with E-state index in [4.69, 9.17) is 9.47 Å². The van der Waals surface area contributed by atoms with Crippen LogP contribution in [-0.4, -0.2) is 41.7 Å². The van der Waals surface area contributed by atoms with E-state index >= 15 is 0 Å². The molecule has 3 heterocycles. The van der Waals surface area contributed by atoms with Crippen molar-refractivity contribution in [2.24, 2.45) is 0 Å². The Labute approximate surface area is 177 Å². The summed E-state index contributed by atoms with van der Waals surface area (Å²) in [6, 6.07) is 14.9. The fourth-order valence-electron chi connectivity index (χ4n) is 4.10. The van der Waals surface area contributed by atoms with E-state index in [-0.39, 0.29) is 11.5 Å². The van der Waals surface area contributed by atoms with Gasteiger partial charge in [0, 0.05) is 41.4 Å². The van der Waals surface area contributed by atoms with Gasteiger partial charge in [-0.15, -0.1) is 0 Å². The lowest BCUT2D eigenvalue weighted by Crippen LogP contribution is -2.37. The second-order valence-electron chi connectivity index (χ2n) is 7.46. The zero-order chi connectivity index (χ0) is 21.5. The van der Waals surface area contributed by atoms with Crippen LogP contribution in [-0.2, 0) is 9.53 Å². The highest BCUT2D eigenvalue weighted by molar-refractivity contribution is 6.18. The lowest BCUT2D eigenvalue weighted by molar-refractivity contribution is -0.127. The predicted octanol–water partition coefficient (Wildman–Crippen LogP) is 3.12. The number of nitrogens with one attached hydrogen (secondary N) is 1. The van der Waals surface area contributed by atoms with Gasteiger partial charge in [0.15, 0.2) is 6.10 Å². The number of rotatable bonds is 6. The molecule has 3 aromatic heterocycles. The summed E-state index contributed by atoms with van der Waals surface area (Å²) in [7, 11) is 1.58. The minimum Gasteiger partial charge on any atom is -0.481 e. The molecular formula is C24H21N3O4. The Bertz CT molecular complexity index is 1490. The second kappa shape index (κ2) is 7.52. The molecule has 0 spiro atoms. The van der Waals surface area contributed by atoms with E-state index in [1.807, 2.05) is 42.5 Å². The fourth-order valence-corrected chi connectivity index (χ4v) is 4.10. The summed E-state index contributed by atoms with van der Waals surface area (Å²) in [5, 5.41) is 6.04. The number of carbonyl (C=O) groups excluding carboxylic acids is 1. The molecule has 0 aliphatic rings. The van der Waals surface area contributed by atoms with Gasteiger partial charge in [0.2, 0.25) is 0 Å². The van der Waals surface area contributed by atoms with Gasteiger partial charge >= 0.3 is 0 Å². The highest BCUT2D eigenvalue weighted by atomic mass is 16.5. The molecule has 5 aromatic rings. The molecule has 1 atom stereocenters. The van der Waals surface area contributed by atoms with Crippen LogP contribution in [0.2, 0.25) is 0 Å². The summed E-state index contributed by atoms with van der Waals surface area (Å²) >= 11 is 0. The van der Waals surface area contributed by atoms with Crippen molar-refractivity contribution in [3.63, 3.8) is 0 Å². The molecule has 31 heavy (non-hydrogen) atoms. The molecule has 0 saturated carbocycles. The number of nitrogens with zero attached hydrogens (tertiary/aromatic N) is 2. The first-order valence-electron chi connectivity index (χ1n) is 10.1. The molecular weight excluding hydrogens is 394 g/mol. The van der Waals surface area contributed by atoms with Crippen molar-refractivity contribution in [3.05, 3.63) is 65.1 Å². The van der Waals surface area contributed by atoms with Crippen LogP contribution < -0.4 is 15.6 Å². The number of benzene rings is 2. The molecule has 0 fully saturated rings. The Morgan fingerprint density at radius 1 is 1.10 bits per heavy atom. The van der Waals surface area contributed by atoms with Crippen LogP contribution in [0.1, 0.15) is 6.92 Å². The third-order valence-electron chi connectivity index (χ3n) is 5.55. The number of fused-ring (bicyclic) bond motifs is 5. The van der Waals surface area contributed by atoms with Gasteiger partial charge < -0.3 is 14.8 Å². The van der Waals surface area contributed by atoms with Crippen molar-refractivity contribution in [1.29, 1.82) is 0 Å². The van der Waals surface area contributed by atoms with E-state index in [1.165, 1.54) is 0 Å². The first kappa shape index (κ1) is 19.3. The van der Waals surface area contributed by atoms with Gasteiger partial charge in [-0.25, -0.2) is 0 Å². The molecule has 7 nitrogen and oxygen atoms in total. The van der Waals surface area contributed by atoms with Gasteiger partial charge in [0.25, 0.3) is 11.5 Å². The summed E-state index contributed by atoms with van der Waals surface area (Å²) in [4.78, 5) is 30.1. The van der Waals surface area contributed by atoms with Crippen molar-refractivity contribution < 1.29 is 14.3 Å². The Balaban J connectivity index is 1.63. The van der Waals surface area contributed by atoms with E-state index in [0.717, 1.165) is 32.7 Å². The molecule has 1 amide bonds. The zero-order valence-corrected chi connectivity index (χ0v) is 17.2. The molecule has 156 valence electrons. The number of aromatic nitrogens is 2.